The molecule has 0 unspecified atom stereocenters. The van der Waals surface area contributed by atoms with Gasteiger partial charge in [-0.25, -0.2) is 0 Å². The summed E-state index contributed by atoms with van der Waals surface area (Å²) >= 11 is 0. The van der Waals surface area contributed by atoms with Gasteiger partial charge in [-0.2, -0.15) is 0 Å². The molecule has 2 aromatic carbocycles. The van der Waals surface area contributed by atoms with Crippen LogP contribution in [0, 0.1) is 0 Å². The van der Waals surface area contributed by atoms with Crippen LogP contribution in [-0.4, -0.2) is 7.11 Å². The van der Waals surface area contributed by atoms with Gasteiger partial charge in [-0.05, 0) is 35.4 Å². The van der Waals surface area contributed by atoms with Gasteiger partial charge in [0.1, 0.15) is 5.75 Å². The first kappa shape index (κ1) is 11.3. The van der Waals surface area contributed by atoms with Gasteiger partial charge in [0.05, 0.1) is 7.11 Å². The second kappa shape index (κ2) is 5.21. The molecule has 0 aliphatic heterocycles. The summed E-state index contributed by atoms with van der Waals surface area (Å²) in [7, 11) is 1.67. The maximum Gasteiger partial charge on any atom is 0.119 e. The van der Waals surface area contributed by atoms with Gasteiger partial charge in [-0.1, -0.05) is 36.4 Å². The van der Waals surface area contributed by atoms with Crippen molar-refractivity contribution in [2.45, 2.75) is 0 Å². The molecule has 0 aromatic heterocycles. The van der Waals surface area contributed by atoms with Gasteiger partial charge < -0.3 is 10.5 Å². The molecule has 2 rings (SSSR count). The predicted octanol–water partition coefficient (Wildman–Crippen LogP) is 3.45. The fourth-order valence-electron chi connectivity index (χ4n) is 1.60. The van der Waals surface area contributed by atoms with Gasteiger partial charge in [0.2, 0.25) is 0 Å². The average molecular weight is 225 g/mol. The SMILES string of the molecule is COc1cccc(/C=C/c2cccc(N)c2)c1. The Labute approximate surface area is 101 Å². The minimum atomic E-state index is 0.776. The Hall–Kier alpha value is -2.22. The number of anilines is 1. The summed E-state index contributed by atoms with van der Waals surface area (Å²) in [6, 6.07) is 15.7. The zero-order valence-electron chi connectivity index (χ0n) is 9.76. The van der Waals surface area contributed by atoms with Crippen molar-refractivity contribution in [3.63, 3.8) is 0 Å². The third-order valence-corrected chi connectivity index (χ3v) is 2.47. The van der Waals surface area contributed by atoms with E-state index in [0.717, 1.165) is 22.6 Å². The number of nitrogens with two attached hydrogens (primary N) is 1. The highest BCUT2D eigenvalue weighted by Crippen LogP contribution is 2.16. The molecule has 0 amide bonds. The molecule has 2 heteroatoms. The van der Waals surface area contributed by atoms with Crippen LogP contribution < -0.4 is 10.5 Å². The monoisotopic (exact) mass is 225 g/mol. The highest BCUT2D eigenvalue weighted by atomic mass is 16.5. The van der Waals surface area contributed by atoms with Crippen molar-refractivity contribution in [3.8, 4) is 5.75 Å². The molecule has 0 radical (unpaired) electrons. The quantitative estimate of drug-likeness (QED) is 0.641. The summed E-state index contributed by atoms with van der Waals surface area (Å²) in [6.07, 6.45) is 4.07. The third-order valence-electron chi connectivity index (χ3n) is 2.47. The van der Waals surface area contributed by atoms with E-state index in [9.17, 15) is 0 Å². The molecule has 0 aliphatic rings. The molecule has 0 bridgehead atoms. The summed E-state index contributed by atoms with van der Waals surface area (Å²) in [5, 5.41) is 0. The minimum Gasteiger partial charge on any atom is -0.497 e. The van der Waals surface area contributed by atoms with E-state index >= 15 is 0 Å². The third kappa shape index (κ3) is 3.11. The zero-order chi connectivity index (χ0) is 12.1. The maximum absolute atomic E-state index is 5.72. The molecule has 2 N–H and O–H groups in total. The second-order valence-electron chi connectivity index (χ2n) is 3.78. The first-order valence-electron chi connectivity index (χ1n) is 5.45. The first-order valence-corrected chi connectivity index (χ1v) is 5.45. The highest BCUT2D eigenvalue weighted by molar-refractivity contribution is 5.71. The Morgan fingerprint density at radius 2 is 1.59 bits per heavy atom. The van der Waals surface area contributed by atoms with Crippen LogP contribution in [0.25, 0.3) is 12.2 Å². The van der Waals surface area contributed by atoms with Gasteiger partial charge in [0.25, 0.3) is 0 Å². The minimum absolute atomic E-state index is 0.776. The van der Waals surface area contributed by atoms with Crippen molar-refractivity contribution >= 4 is 17.8 Å². The van der Waals surface area contributed by atoms with E-state index in [1.54, 1.807) is 7.11 Å². The summed E-state index contributed by atoms with van der Waals surface area (Å²) < 4.78 is 5.17. The lowest BCUT2D eigenvalue weighted by molar-refractivity contribution is 0.414. The van der Waals surface area contributed by atoms with E-state index in [-0.39, 0.29) is 0 Å². The normalized spacial score (nSPS) is 10.6. The van der Waals surface area contributed by atoms with Gasteiger partial charge in [-0.15, -0.1) is 0 Å². The Bertz CT molecular complexity index is 532. The van der Waals surface area contributed by atoms with Crippen molar-refractivity contribution in [2.24, 2.45) is 0 Å². The molecule has 0 spiro atoms. The fraction of sp³-hybridized carbons (Fsp3) is 0.0667. The van der Waals surface area contributed by atoms with Crippen LogP contribution in [0.1, 0.15) is 11.1 Å². The van der Waals surface area contributed by atoms with Crippen LogP contribution in [0.2, 0.25) is 0 Å². The van der Waals surface area contributed by atoms with Crippen LogP contribution >= 0.6 is 0 Å². The molecular weight excluding hydrogens is 210 g/mol. The van der Waals surface area contributed by atoms with Gasteiger partial charge in [0.15, 0.2) is 0 Å². The molecule has 0 atom stereocenters. The van der Waals surface area contributed by atoms with Gasteiger partial charge in [0, 0.05) is 5.69 Å². The number of hydrogen-bond acceptors (Lipinski definition) is 2. The molecule has 2 nitrogen and oxygen atoms in total. The Balaban J connectivity index is 2.19. The van der Waals surface area contributed by atoms with E-state index in [0.29, 0.717) is 0 Å². The van der Waals surface area contributed by atoms with Gasteiger partial charge >= 0.3 is 0 Å². The Kier molecular flexibility index (Phi) is 3.46. The lowest BCUT2D eigenvalue weighted by atomic mass is 10.1. The molecular formula is C15H15NO. The van der Waals surface area contributed by atoms with E-state index in [2.05, 4.69) is 0 Å². The number of methoxy groups -OCH3 is 1. The lowest BCUT2D eigenvalue weighted by Gasteiger charge is -2.00. The van der Waals surface area contributed by atoms with E-state index in [4.69, 9.17) is 10.5 Å². The average Bonchev–Trinajstić information content (AvgIpc) is 2.37. The van der Waals surface area contributed by atoms with Crippen molar-refractivity contribution in [1.29, 1.82) is 0 Å². The topological polar surface area (TPSA) is 35.2 Å². The predicted molar refractivity (Wildman–Crippen MR) is 72.8 cm³/mol. The largest absolute Gasteiger partial charge is 0.497 e. The molecule has 0 saturated heterocycles. The second-order valence-corrected chi connectivity index (χ2v) is 3.78. The van der Waals surface area contributed by atoms with E-state index in [1.165, 1.54) is 0 Å². The summed E-state index contributed by atoms with van der Waals surface area (Å²) in [5.41, 5.74) is 8.69. The zero-order valence-corrected chi connectivity index (χ0v) is 9.76. The standard InChI is InChI=1S/C15H15NO/c1-17-15-7-3-5-13(11-15)9-8-12-4-2-6-14(16)10-12/h2-11H,16H2,1H3/b9-8+. The molecule has 0 fully saturated rings. The lowest BCUT2D eigenvalue weighted by Crippen LogP contribution is -1.84. The molecule has 0 heterocycles. The molecule has 2 aromatic rings. The molecule has 0 aliphatic carbocycles. The van der Waals surface area contributed by atoms with Crippen molar-refractivity contribution in [1.82, 2.24) is 0 Å². The highest BCUT2D eigenvalue weighted by Gasteiger charge is 1.92. The van der Waals surface area contributed by atoms with Crippen LogP contribution in [0.4, 0.5) is 5.69 Å². The number of nitrogen functional groups attached to an aromatic ring is 1. The molecule has 86 valence electrons. The Morgan fingerprint density at radius 3 is 2.24 bits per heavy atom. The number of benzene rings is 2. The van der Waals surface area contributed by atoms with Crippen LogP contribution in [0.15, 0.2) is 48.5 Å². The van der Waals surface area contributed by atoms with Crippen LogP contribution in [-0.2, 0) is 0 Å². The fourth-order valence-corrected chi connectivity index (χ4v) is 1.60. The van der Waals surface area contributed by atoms with Crippen LogP contribution in [0.5, 0.6) is 5.75 Å². The molecule has 17 heavy (non-hydrogen) atoms. The van der Waals surface area contributed by atoms with Crippen LogP contribution in [0.3, 0.4) is 0 Å². The molecule has 0 saturated carbocycles. The van der Waals surface area contributed by atoms with Crippen molar-refractivity contribution < 1.29 is 4.74 Å². The summed E-state index contributed by atoms with van der Waals surface area (Å²) in [5.74, 6) is 0.861. The number of hydrogen-bond donors (Lipinski definition) is 1. The first-order chi connectivity index (χ1) is 8.28. The van der Waals surface area contributed by atoms with Gasteiger partial charge in [-0.3, -0.25) is 0 Å². The number of rotatable bonds is 3. The van der Waals surface area contributed by atoms with E-state index in [1.807, 2.05) is 60.7 Å². The summed E-state index contributed by atoms with van der Waals surface area (Å²) in [4.78, 5) is 0. The van der Waals surface area contributed by atoms with Crippen molar-refractivity contribution in [2.75, 3.05) is 12.8 Å². The smallest absolute Gasteiger partial charge is 0.119 e. The summed E-state index contributed by atoms with van der Waals surface area (Å²) in [6.45, 7) is 0. The van der Waals surface area contributed by atoms with E-state index < -0.39 is 0 Å². The van der Waals surface area contributed by atoms with Crippen molar-refractivity contribution in [3.05, 3.63) is 59.7 Å². The maximum atomic E-state index is 5.72. The Morgan fingerprint density at radius 1 is 0.941 bits per heavy atom. The number of ether oxygens (including phenoxy) is 1.